The Bertz CT molecular complexity index is 211. The zero-order chi connectivity index (χ0) is 15.9. The van der Waals surface area contributed by atoms with E-state index in [0.717, 1.165) is 19.6 Å². The summed E-state index contributed by atoms with van der Waals surface area (Å²) in [6.45, 7) is 13.7. The van der Waals surface area contributed by atoms with Crippen molar-refractivity contribution in [2.75, 3.05) is 33.0 Å². The summed E-state index contributed by atoms with van der Waals surface area (Å²) in [6, 6.07) is 0. The molecule has 0 aromatic carbocycles. The molecule has 128 valence electrons. The monoisotopic (exact) mass is 304 g/mol. The van der Waals surface area contributed by atoms with E-state index in [2.05, 4.69) is 6.92 Å². The van der Waals surface area contributed by atoms with Gasteiger partial charge in [-0.05, 0) is 34.1 Å². The van der Waals surface area contributed by atoms with E-state index in [9.17, 15) is 0 Å². The van der Waals surface area contributed by atoms with E-state index in [1.807, 2.05) is 27.7 Å². The summed E-state index contributed by atoms with van der Waals surface area (Å²) in [5.41, 5.74) is 0. The predicted octanol–water partition coefficient (Wildman–Crippen LogP) is 3.82. The SMILES string of the molecule is CCCCCCOCC(C)OCC(C)OCC(C)OCC. The van der Waals surface area contributed by atoms with E-state index in [0.29, 0.717) is 19.8 Å². The van der Waals surface area contributed by atoms with Gasteiger partial charge in [0.05, 0.1) is 38.1 Å². The molecule has 0 rings (SSSR count). The first-order valence-corrected chi connectivity index (χ1v) is 8.52. The van der Waals surface area contributed by atoms with Crippen molar-refractivity contribution in [2.45, 2.75) is 78.6 Å². The average molecular weight is 304 g/mol. The lowest BCUT2D eigenvalue weighted by Gasteiger charge is -2.19. The fraction of sp³-hybridized carbons (Fsp3) is 1.00. The van der Waals surface area contributed by atoms with Crippen LogP contribution in [0.4, 0.5) is 0 Å². The predicted molar refractivity (Wildman–Crippen MR) is 86.9 cm³/mol. The molecule has 0 spiro atoms. The van der Waals surface area contributed by atoms with Gasteiger partial charge in [-0.25, -0.2) is 0 Å². The van der Waals surface area contributed by atoms with Crippen molar-refractivity contribution in [2.24, 2.45) is 0 Å². The highest BCUT2D eigenvalue weighted by molar-refractivity contribution is 4.55. The molecule has 0 radical (unpaired) electrons. The van der Waals surface area contributed by atoms with Gasteiger partial charge in [-0.3, -0.25) is 0 Å². The van der Waals surface area contributed by atoms with Crippen LogP contribution in [0.25, 0.3) is 0 Å². The smallest absolute Gasteiger partial charge is 0.0781 e. The standard InChI is InChI=1S/C17H36O4/c1-6-8-9-10-11-18-12-15(3)20-14-17(5)21-13-16(4)19-7-2/h15-17H,6-14H2,1-5H3. The van der Waals surface area contributed by atoms with Gasteiger partial charge in [0.15, 0.2) is 0 Å². The lowest BCUT2D eigenvalue weighted by molar-refractivity contribution is -0.0788. The average Bonchev–Trinajstić information content (AvgIpc) is 2.47. The van der Waals surface area contributed by atoms with Crippen LogP contribution < -0.4 is 0 Å². The second-order valence-electron chi connectivity index (χ2n) is 5.69. The van der Waals surface area contributed by atoms with Gasteiger partial charge in [-0.2, -0.15) is 0 Å². The molecule has 0 aromatic rings. The zero-order valence-corrected chi connectivity index (χ0v) is 14.7. The van der Waals surface area contributed by atoms with E-state index in [-0.39, 0.29) is 18.3 Å². The van der Waals surface area contributed by atoms with Gasteiger partial charge in [-0.1, -0.05) is 26.2 Å². The van der Waals surface area contributed by atoms with Gasteiger partial charge in [0, 0.05) is 13.2 Å². The lowest BCUT2D eigenvalue weighted by atomic mass is 10.2. The summed E-state index contributed by atoms with van der Waals surface area (Å²) in [5, 5.41) is 0. The molecule has 3 atom stereocenters. The second kappa shape index (κ2) is 14.8. The third-order valence-electron chi connectivity index (χ3n) is 3.18. The van der Waals surface area contributed by atoms with Gasteiger partial charge in [0.25, 0.3) is 0 Å². The van der Waals surface area contributed by atoms with Gasteiger partial charge < -0.3 is 18.9 Å². The van der Waals surface area contributed by atoms with Crippen molar-refractivity contribution in [3.63, 3.8) is 0 Å². The summed E-state index contributed by atoms with van der Waals surface area (Å²) >= 11 is 0. The Balaban J connectivity index is 3.43. The number of hydrogen-bond acceptors (Lipinski definition) is 4. The normalized spacial score (nSPS) is 15.9. The van der Waals surface area contributed by atoms with Crippen LogP contribution in [0.1, 0.15) is 60.3 Å². The summed E-state index contributed by atoms with van der Waals surface area (Å²) < 4.78 is 22.5. The van der Waals surface area contributed by atoms with Crippen molar-refractivity contribution in [3.8, 4) is 0 Å². The lowest BCUT2D eigenvalue weighted by Crippen LogP contribution is -2.26. The van der Waals surface area contributed by atoms with E-state index in [4.69, 9.17) is 18.9 Å². The van der Waals surface area contributed by atoms with Crippen LogP contribution in [0.5, 0.6) is 0 Å². The Labute approximate surface area is 131 Å². The van der Waals surface area contributed by atoms with Gasteiger partial charge in [0.1, 0.15) is 0 Å². The van der Waals surface area contributed by atoms with Crippen molar-refractivity contribution in [1.82, 2.24) is 0 Å². The number of rotatable bonds is 15. The molecule has 0 heterocycles. The van der Waals surface area contributed by atoms with E-state index < -0.39 is 0 Å². The van der Waals surface area contributed by atoms with Crippen molar-refractivity contribution in [1.29, 1.82) is 0 Å². The highest BCUT2D eigenvalue weighted by Crippen LogP contribution is 2.02. The van der Waals surface area contributed by atoms with Crippen LogP contribution in [0.3, 0.4) is 0 Å². The molecule has 0 aliphatic heterocycles. The zero-order valence-electron chi connectivity index (χ0n) is 14.7. The molecule has 4 nitrogen and oxygen atoms in total. The number of unbranched alkanes of at least 4 members (excludes halogenated alkanes) is 3. The third kappa shape index (κ3) is 14.5. The number of ether oxygens (including phenoxy) is 4. The minimum Gasteiger partial charge on any atom is -0.379 e. The van der Waals surface area contributed by atoms with E-state index in [1.54, 1.807) is 0 Å². The third-order valence-corrected chi connectivity index (χ3v) is 3.18. The first-order valence-electron chi connectivity index (χ1n) is 8.52. The molecule has 0 N–H and O–H groups in total. The van der Waals surface area contributed by atoms with Crippen LogP contribution >= 0.6 is 0 Å². The molecule has 0 amide bonds. The quantitative estimate of drug-likeness (QED) is 0.431. The minimum absolute atomic E-state index is 0.0833. The fourth-order valence-electron chi connectivity index (χ4n) is 1.91. The molecule has 3 unspecified atom stereocenters. The molecule has 0 saturated heterocycles. The fourth-order valence-corrected chi connectivity index (χ4v) is 1.91. The Hall–Kier alpha value is -0.160. The van der Waals surface area contributed by atoms with E-state index in [1.165, 1.54) is 19.3 Å². The van der Waals surface area contributed by atoms with Gasteiger partial charge in [0.2, 0.25) is 0 Å². The second-order valence-corrected chi connectivity index (χ2v) is 5.69. The molecule has 0 fully saturated rings. The van der Waals surface area contributed by atoms with Crippen molar-refractivity contribution >= 4 is 0 Å². The molecule has 0 aliphatic rings. The molecular formula is C17H36O4. The first-order chi connectivity index (χ1) is 10.1. The summed E-state index contributed by atoms with van der Waals surface area (Å²) in [7, 11) is 0. The molecule has 0 aliphatic carbocycles. The Morgan fingerprint density at radius 1 is 0.667 bits per heavy atom. The van der Waals surface area contributed by atoms with Crippen LogP contribution in [0.15, 0.2) is 0 Å². The maximum Gasteiger partial charge on any atom is 0.0781 e. The Kier molecular flexibility index (Phi) is 14.7. The molecule has 0 bridgehead atoms. The Morgan fingerprint density at radius 3 is 1.81 bits per heavy atom. The molecule has 0 aromatic heterocycles. The largest absolute Gasteiger partial charge is 0.379 e. The van der Waals surface area contributed by atoms with Crippen molar-refractivity contribution < 1.29 is 18.9 Å². The Morgan fingerprint density at radius 2 is 1.24 bits per heavy atom. The minimum atomic E-state index is 0.0833. The molecule has 0 saturated carbocycles. The maximum absolute atomic E-state index is 5.73. The van der Waals surface area contributed by atoms with Crippen LogP contribution in [-0.2, 0) is 18.9 Å². The van der Waals surface area contributed by atoms with Crippen LogP contribution in [0.2, 0.25) is 0 Å². The molecule has 21 heavy (non-hydrogen) atoms. The first kappa shape index (κ1) is 20.8. The van der Waals surface area contributed by atoms with Gasteiger partial charge >= 0.3 is 0 Å². The number of hydrogen-bond donors (Lipinski definition) is 0. The highest BCUT2D eigenvalue weighted by Gasteiger charge is 2.09. The summed E-state index contributed by atoms with van der Waals surface area (Å²) in [6.07, 6.45) is 5.31. The summed E-state index contributed by atoms with van der Waals surface area (Å²) in [4.78, 5) is 0. The van der Waals surface area contributed by atoms with Gasteiger partial charge in [-0.15, -0.1) is 0 Å². The highest BCUT2D eigenvalue weighted by atomic mass is 16.6. The maximum atomic E-state index is 5.73. The van der Waals surface area contributed by atoms with Crippen LogP contribution in [-0.4, -0.2) is 51.3 Å². The molecule has 4 heteroatoms. The van der Waals surface area contributed by atoms with E-state index >= 15 is 0 Å². The van der Waals surface area contributed by atoms with Crippen LogP contribution in [0, 0.1) is 0 Å². The van der Waals surface area contributed by atoms with Crippen molar-refractivity contribution in [3.05, 3.63) is 0 Å². The summed E-state index contributed by atoms with van der Waals surface area (Å²) in [5.74, 6) is 0. The molecular weight excluding hydrogens is 268 g/mol. The topological polar surface area (TPSA) is 36.9 Å².